The van der Waals surface area contributed by atoms with Gasteiger partial charge in [0, 0.05) is 40.7 Å². The number of methoxy groups -OCH3 is 2. The van der Waals surface area contributed by atoms with E-state index in [9.17, 15) is 34.7 Å². The first kappa shape index (κ1) is 33.1. The van der Waals surface area contributed by atoms with Crippen LogP contribution in [0.15, 0.2) is 79.8 Å². The molecule has 0 unspecified atom stereocenters. The Balaban J connectivity index is 0.000000249. The maximum Gasteiger partial charge on any atom is 0.336 e. The van der Waals surface area contributed by atoms with Crippen LogP contribution >= 0.6 is 0 Å². The fourth-order valence-electron chi connectivity index (χ4n) is 4.92. The molecule has 0 spiro atoms. The third kappa shape index (κ3) is 6.80. The molecule has 12 nitrogen and oxygen atoms in total. The first-order valence-electron chi connectivity index (χ1n) is 13.4. The van der Waals surface area contributed by atoms with Crippen molar-refractivity contribution in [3.8, 4) is 11.5 Å². The SMILES string of the molecule is CC(C)=CCc1c(O)cc2oc(C)cc(=O)c2c1O.COC(=O)C1=C(C)NC(C)=C(C(=O)OC)C1c1ccccc1[N+](=O)[O-]. The van der Waals surface area contributed by atoms with E-state index in [1.807, 2.05) is 19.9 Å². The number of nitrogens with zero attached hydrogens (tertiary/aromatic N) is 1. The number of dihydropyridines is 1. The number of benzene rings is 2. The van der Waals surface area contributed by atoms with Crippen LogP contribution in [0.2, 0.25) is 0 Å². The number of ether oxygens (including phenoxy) is 2. The van der Waals surface area contributed by atoms with Crippen LogP contribution in [0.3, 0.4) is 0 Å². The number of carbonyl (C=O) groups is 2. The number of phenols is 2. The normalized spacial score (nSPS) is 13.1. The monoisotopic (exact) mass is 606 g/mol. The van der Waals surface area contributed by atoms with Crippen molar-refractivity contribution in [3.05, 3.63) is 108 Å². The zero-order valence-electron chi connectivity index (χ0n) is 25.4. The van der Waals surface area contributed by atoms with Gasteiger partial charge in [0.2, 0.25) is 0 Å². The second-order valence-electron chi connectivity index (χ2n) is 10.2. The number of aromatic hydroxyl groups is 2. The van der Waals surface area contributed by atoms with E-state index in [0.29, 0.717) is 29.1 Å². The standard InChI is InChI=1S/C17H18N2O6.C15H16O4/c1-9-13(16(20)24-3)15(14(10(2)18-9)17(21)25-4)11-7-5-6-8-12(11)19(22)23;1-8(2)4-5-10-11(16)7-13-14(15(10)18)12(17)6-9(3)19-13/h5-8,15,18H,1-4H3;4,6-7,16,18H,5H2,1-3H3. The van der Waals surface area contributed by atoms with Gasteiger partial charge in [-0.3, -0.25) is 14.9 Å². The van der Waals surface area contributed by atoms with Gasteiger partial charge >= 0.3 is 11.9 Å². The fraction of sp³-hybridized carbons (Fsp3) is 0.281. The molecule has 0 amide bonds. The predicted molar refractivity (Wildman–Crippen MR) is 162 cm³/mol. The minimum atomic E-state index is -0.970. The lowest BCUT2D eigenvalue weighted by atomic mass is 9.79. The van der Waals surface area contributed by atoms with Gasteiger partial charge in [-0.15, -0.1) is 0 Å². The lowest BCUT2D eigenvalue weighted by molar-refractivity contribution is -0.385. The summed E-state index contributed by atoms with van der Waals surface area (Å²) in [6.45, 7) is 8.78. The molecule has 3 N–H and O–H groups in total. The molecule has 4 rings (SSSR count). The molecule has 0 radical (unpaired) electrons. The molecular formula is C32H34N2O10. The van der Waals surface area contributed by atoms with Crippen LogP contribution in [0.5, 0.6) is 11.5 Å². The summed E-state index contributed by atoms with van der Waals surface area (Å²) in [5.41, 5.74) is 2.48. The lowest BCUT2D eigenvalue weighted by Gasteiger charge is -2.29. The summed E-state index contributed by atoms with van der Waals surface area (Å²) in [6.07, 6.45) is 2.24. The van der Waals surface area contributed by atoms with Crippen LogP contribution < -0.4 is 10.7 Å². The number of nitro benzene ring substituents is 1. The van der Waals surface area contributed by atoms with Crippen LogP contribution in [0, 0.1) is 17.0 Å². The summed E-state index contributed by atoms with van der Waals surface area (Å²) in [5.74, 6) is -2.17. The van der Waals surface area contributed by atoms with E-state index < -0.39 is 22.8 Å². The Labute approximate surface area is 253 Å². The van der Waals surface area contributed by atoms with Gasteiger partial charge in [0.25, 0.3) is 5.69 Å². The number of esters is 2. The zero-order valence-corrected chi connectivity index (χ0v) is 25.4. The van der Waals surface area contributed by atoms with Crippen molar-refractivity contribution in [1.29, 1.82) is 0 Å². The van der Waals surface area contributed by atoms with Crippen LogP contribution in [0.4, 0.5) is 5.69 Å². The molecule has 0 bridgehead atoms. The molecule has 1 aliphatic rings. The van der Waals surface area contributed by atoms with Gasteiger partial charge in [-0.1, -0.05) is 29.8 Å². The Bertz CT molecular complexity index is 1750. The number of nitrogens with one attached hydrogen (secondary N) is 1. The maximum atomic E-state index is 12.3. The smallest absolute Gasteiger partial charge is 0.336 e. The number of hydrogen-bond donors (Lipinski definition) is 3. The first-order valence-corrected chi connectivity index (χ1v) is 13.4. The number of hydrogen-bond acceptors (Lipinski definition) is 11. The summed E-state index contributed by atoms with van der Waals surface area (Å²) < 4.78 is 15.0. The van der Waals surface area contributed by atoms with Gasteiger partial charge in [-0.05, 0) is 41.0 Å². The number of phenolic OH excluding ortho intramolecular Hbond substituents is 2. The number of para-hydroxylation sites is 1. The van der Waals surface area contributed by atoms with E-state index in [1.165, 1.54) is 44.6 Å². The summed E-state index contributed by atoms with van der Waals surface area (Å²) in [5, 5.41) is 34.6. The molecule has 2 heterocycles. The van der Waals surface area contributed by atoms with Crippen molar-refractivity contribution in [2.75, 3.05) is 14.2 Å². The van der Waals surface area contributed by atoms with Gasteiger partial charge in [-0.25, -0.2) is 9.59 Å². The number of aryl methyl sites for hydroxylation is 1. The van der Waals surface area contributed by atoms with E-state index in [2.05, 4.69) is 5.32 Å². The minimum absolute atomic E-state index is 0.0729. The Morgan fingerprint density at radius 2 is 1.59 bits per heavy atom. The maximum absolute atomic E-state index is 12.3. The number of nitro groups is 1. The molecule has 1 aliphatic heterocycles. The van der Waals surface area contributed by atoms with Crippen molar-refractivity contribution in [1.82, 2.24) is 5.32 Å². The van der Waals surface area contributed by atoms with Gasteiger partial charge in [0.15, 0.2) is 5.43 Å². The molecule has 44 heavy (non-hydrogen) atoms. The number of rotatable bonds is 6. The van der Waals surface area contributed by atoms with Gasteiger partial charge in [0.05, 0.1) is 36.2 Å². The second-order valence-corrected chi connectivity index (χ2v) is 10.2. The lowest BCUT2D eigenvalue weighted by Crippen LogP contribution is -2.32. The number of fused-ring (bicyclic) bond motifs is 1. The highest BCUT2D eigenvalue weighted by molar-refractivity contribution is 6.00. The summed E-state index contributed by atoms with van der Waals surface area (Å²) in [7, 11) is 2.42. The van der Waals surface area contributed by atoms with Crippen LogP contribution in [0.1, 0.15) is 50.5 Å². The van der Waals surface area contributed by atoms with Gasteiger partial charge in [-0.2, -0.15) is 0 Å². The van der Waals surface area contributed by atoms with E-state index >= 15 is 0 Å². The Kier molecular flexibility index (Phi) is 10.3. The topological polar surface area (TPSA) is 178 Å². The van der Waals surface area contributed by atoms with Crippen LogP contribution in [-0.2, 0) is 25.5 Å². The van der Waals surface area contributed by atoms with Crippen molar-refractivity contribution < 1.29 is 38.6 Å². The third-order valence-corrected chi connectivity index (χ3v) is 6.93. The van der Waals surface area contributed by atoms with E-state index in [0.717, 1.165) is 5.57 Å². The molecule has 0 saturated heterocycles. The summed E-state index contributed by atoms with van der Waals surface area (Å²) in [4.78, 5) is 47.5. The quantitative estimate of drug-likeness (QED) is 0.145. The van der Waals surface area contributed by atoms with Gasteiger partial charge in [0.1, 0.15) is 28.2 Å². The molecule has 0 atom stereocenters. The Morgan fingerprint density at radius 1 is 1.02 bits per heavy atom. The second kappa shape index (κ2) is 13.7. The molecule has 2 aromatic carbocycles. The average Bonchev–Trinajstić information content (AvgIpc) is 2.95. The summed E-state index contributed by atoms with van der Waals surface area (Å²) >= 11 is 0. The van der Waals surface area contributed by atoms with Crippen molar-refractivity contribution in [3.63, 3.8) is 0 Å². The highest BCUT2D eigenvalue weighted by atomic mass is 16.6. The highest BCUT2D eigenvalue weighted by Gasteiger charge is 2.40. The van der Waals surface area contributed by atoms with Gasteiger partial charge < -0.3 is 29.4 Å². The Morgan fingerprint density at radius 3 is 2.11 bits per heavy atom. The van der Waals surface area contributed by atoms with E-state index in [-0.39, 0.29) is 50.3 Å². The molecule has 0 saturated carbocycles. The minimum Gasteiger partial charge on any atom is -0.507 e. The predicted octanol–water partition coefficient (Wildman–Crippen LogP) is 5.20. The van der Waals surface area contributed by atoms with Crippen LogP contribution in [-0.4, -0.2) is 41.3 Å². The third-order valence-electron chi connectivity index (χ3n) is 6.93. The average molecular weight is 607 g/mol. The molecule has 12 heteroatoms. The van der Waals surface area contributed by atoms with E-state index in [1.54, 1.807) is 26.8 Å². The number of carbonyl (C=O) groups excluding carboxylic acids is 2. The molecule has 0 fully saturated rings. The molecule has 0 aliphatic carbocycles. The molecule has 232 valence electrons. The summed E-state index contributed by atoms with van der Waals surface area (Å²) in [6, 6.07) is 8.66. The first-order chi connectivity index (χ1) is 20.7. The van der Waals surface area contributed by atoms with Crippen molar-refractivity contribution in [2.45, 2.75) is 47.0 Å². The molecule has 1 aromatic heterocycles. The van der Waals surface area contributed by atoms with Crippen molar-refractivity contribution >= 4 is 28.6 Å². The highest BCUT2D eigenvalue weighted by Crippen LogP contribution is 2.42. The zero-order chi connectivity index (χ0) is 32.9. The fourth-order valence-corrected chi connectivity index (χ4v) is 4.92. The molecule has 3 aromatic rings. The van der Waals surface area contributed by atoms with Crippen molar-refractivity contribution in [2.24, 2.45) is 0 Å². The van der Waals surface area contributed by atoms with Crippen LogP contribution in [0.25, 0.3) is 11.0 Å². The number of allylic oxidation sites excluding steroid dienone is 4. The van der Waals surface area contributed by atoms with E-state index in [4.69, 9.17) is 13.9 Å². The Hall–Kier alpha value is -5.39. The molecular weight excluding hydrogens is 572 g/mol. The largest absolute Gasteiger partial charge is 0.507 e.